The molecule has 0 aliphatic rings. The second-order valence-electron chi connectivity index (χ2n) is 4.90. The second-order valence-corrected chi connectivity index (χ2v) is 4.90. The molecule has 136 valence electrons. The fourth-order valence-electron chi connectivity index (χ4n) is 1.85. The molecule has 0 aliphatic heterocycles. The van der Waals surface area contributed by atoms with E-state index in [1.165, 1.54) is 12.1 Å². The average molecular weight is 452 g/mol. The lowest BCUT2D eigenvalue weighted by molar-refractivity contribution is -0.120. The summed E-state index contributed by atoms with van der Waals surface area (Å²) >= 11 is 0. The zero-order valence-electron chi connectivity index (χ0n) is 13.9. The number of nitrogens with one attached hydrogen (secondary N) is 2. The molecule has 24 heavy (non-hydrogen) atoms. The maximum absolute atomic E-state index is 13.0. The van der Waals surface area contributed by atoms with Crippen LogP contribution in [0.5, 0.6) is 0 Å². The first kappa shape index (κ1) is 22.6. The summed E-state index contributed by atoms with van der Waals surface area (Å²) in [4.78, 5) is 15.8. The third-order valence-corrected chi connectivity index (χ3v) is 2.94. The van der Waals surface area contributed by atoms with Crippen LogP contribution in [0.25, 0.3) is 0 Å². The molecule has 0 radical (unpaired) electrons. The molecular formula is C16H26FIN4O2. The van der Waals surface area contributed by atoms with Gasteiger partial charge in [0.1, 0.15) is 5.82 Å². The Balaban J connectivity index is 0.00000529. The van der Waals surface area contributed by atoms with Gasteiger partial charge in [-0.25, -0.2) is 4.39 Å². The summed E-state index contributed by atoms with van der Waals surface area (Å²) < 4.78 is 18.2. The first-order chi connectivity index (χ1) is 11.1. The van der Waals surface area contributed by atoms with E-state index in [-0.39, 0.29) is 42.1 Å². The van der Waals surface area contributed by atoms with E-state index in [0.717, 1.165) is 6.42 Å². The highest BCUT2D eigenvalue weighted by molar-refractivity contribution is 14.0. The van der Waals surface area contributed by atoms with Gasteiger partial charge in [0.25, 0.3) is 0 Å². The number of amides is 1. The van der Waals surface area contributed by atoms with Crippen molar-refractivity contribution in [3.8, 4) is 0 Å². The Labute approximate surface area is 159 Å². The molecule has 0 spiro atoms. The normalized spacial score (nSPS) is 10.8. The van der Waals surface area contributed by atoms with Gasteiger partial charge in [-0.3, -0.25) is 9.79 Å². The molecular weight excluding hydrogens is 426 g/mol. The number of hydrogen-bond acceptors (Lipinski definition) is 3. The molecule has 0 fully saturated rings. The SMILES string of the molecule is CCOCCCN=C(N)NCCNC(=O)Cc1cccc(F)c1.I. The fraction of sp³-hybridized carbons (Fsp3) is 0.500. The highest BCUT2D eigenvalue weighted by Crippen LogP contribution is 2.03. The van der Waals surface area contributed by atoms with E-state index in [4.69, 9.17) is 10.5 Å². The first-order valence-electron chi connectivity index (χ1n) is 7.74. The number of guanidine groups is 1. The van der Waals surface area contributed by atoms with Gasteiger partial charge >= 0.3 is 0 Å². The van der Waals surface area contributed by atoms with Gasteiger partial charge in [0.2, 0.25) is 5.91 Å². The van der Waals surface area contributed by atoms with Crippen molar-refractivity contribution in [2.45, 2.75) is 19.8 Å². The number of rotatable bonds is 10. The summed E-state index contributed by atoms with van der Waals surface area (Å²) in [7, 11) is 0. The lowest BCUT2D eigenvalue weighted by atomic mass is 10.1. The number of halogens is 2. The topological polar surface area (TPSA) is 88.7 Å². The van der Waals surface area contributed by atoms with E-state index in [9.17, 15) is 9.18 Å². The number of benzene rings is 1. The number of aliphatic imine (C=N–C) groups is 1. The highest BCUT2D eigenvalue weighted by Gasteiger charge is 2.03. The first-order valence-corrected chi connectivity index (χ1v) is 7.74. The minimum Gasteiger partial charge on any atom is -0.382 e. The summed E-state index contributed by atoms with van der Waals surface area (Å²) in [5.74, 6) is -0.157. The van der Waals surface area contributed by atoms with Gasteiger partial charge in [-0.15, -0.1) is 24.0 Å². The number of carbonyl (C=O) groups is 1. The summed E-state index contributed by atoms with van der Waals surface area (Å²) in [5, 5.41) is 5.65. The molecule has 1 amide bonds. The third kappa shape index (κ3) is 11.2. The Morgan fingerprint density at radius 1 is 1.33 bits per heavy atom. The Morgan fingerprint density at radius 2 is 2.08 bits per heavy atom. The van der Waals surface area contributed by atoms with Crippen LogP contribution in [0.2, 0.25) is 0 Å². The molecule has 0 saturated carbocycles. The maximum Gasteiger partial charge on any atom is 0.224 e. The van der Waals surface area contributed by atoms with Gasteiger partial charge in [-0.1, -0.05) is 12.1 Å². The molecule has 1 rings (SSSR count). The smallest absolute Gasteiger partial charge is 0.224 e. The van der Waals surface area contributed by atoms with E-state index in [1.54, 1.807) is 12.1 Å². The van der Waals surface area contributed by atoms with Crippen LogP contribution in [0.1, 0.15) is 18.9 Å². The predicted octanol–water partition coefficient (Wildman–Crippen LogP) is 1.43. The van der Waals surface area contributed by atoms with Crippen LogP contribution in [0.3, 0.4) is 0 Å². The fourth-order valence-corrected chi connectivity index (χ4v) is 1.85. The monoisotopic (exact) mass is 452 g/mol. The lowest BCUT2D eigenvalue weighted by Crippen LogP contribution is -2.38. The Bertz CT molecular complexity index is 515. The van der Waals surface area contributed by atoms with Gasteiger partial charge in [-0.05, 0) is 31.0 Å². The van der Waals surface area contributed by atoms with Crippen LogP contribution in [0.15, 0.2) is 29.3 Å². The second kappa shape index (κ2) is 14.0. The van der Waals surface area contributed by atoms with Crippen molar-refractivity contribution in [3.63, 3.8) is 0 Å². The zero-order chi connectivity index (χ0) is 16.9. The lowest BCUT2D eigenvalue weighted by Gasteiger charge is -2.08. The maximum atomic E-state index is 13.0. The van der Waals surface area contributed by atoms with Crippen molar-refractivity contribution >= 4 is 35.8 Å². The molecule has 0 aromatic heterocycles. The number of hydrogen-bond donors (Lipinski definition) is 3. The van der Waals surface area contributed by atoms with Crippen LogP contribution < -0.4 is 16.4 Å². The quantitative estimate of drug-likeness (QED) is 0.217. The molecule has 0 saturated heterocycles. The average Bonchev–Trinajstić information content (AvgIpc) is 2.51. The summed E-state index contributed by atoms with van der Waals surface area (Å²) in [6.45, 7) is 4.82. The molecule has 0 heterocycles. The van der Waals surface area contributed by atoms with Crippen molar-refractivity contribution in [2.75, 3.05) is 32.8 Å². The van der Waals surface area contributed by atoms with E-state index < -0.39 is 0 Å². The molecule has 0 unspecified atom stereocenters. The molecule has 0 bridgehead atoms. The molecule has 1 aromatic carbocycles. The van der Waals surface area contributed by atoms with Crippen molar-refractivity contribution < 1.29 is 13.9 Å². The van der Waals surface area contributed by atoms with Crippen LogP contribution in [-0.2, 0) is 16.0 Å². The zero-order valence-corrected chi connectivity index (χ0v) is 16.2. The molecule has 8 heteroatoms. The van der Waals surface area contributed by atoms with E-state index in [0.29, 0.717) is 44.4 Å². The van der Waals surface area contributed by atoms with Crippen LogP contribution in [0, 0.1) is 5.82 Å². The van der Waals surface area contributed by atoms with E-state index >= 15 is 0 Å². The summed E-state index contributed by atoms with van der Waals surface area (Å²) in [6, 6.07) is 6.00. The highest BCUT2D eigenvalue weighted by atomic mass is 127. The van der Waals surface area contributed by atoms with Gasteiger partial charge in [0.15, 0.2) is 5.96 Å². The Kier molecular flexibility index (Phi) is 13.1. The minimum atomic E-state index is -0.342. The largest absolute Gasteiger partial charge is 0.382 e. The number of nitrogens with zero attached hydrogens (tertiary/aromatic N) is 1. The van der Waals surface area contributed by atoms with Gasteiger partial charge in [-0.2, -0.15) is 0 Å². The molecule has 4 N–H and O–H groups in total. The van der Waals surface area contributed by atoms with Crippen LogP contribution in [0.4, 0.5) is 4.39 Å². The van der Waals surface area contributed by atoms with E-state index in [1.807, 2.05) is 6.92 Å². The van der Waals surface area contributed by atoms with Crippen molar-refractivity contribution in [1.82, 2.24) is 10.6 Å². The molecule has 1 aromatic rings. The summed E-state index contributed by atoms with van der Waals surface area (Å²) in [6.07, 6.45) is 0.972. The Hall–Kier alpha value is -1.42. The summed E-state index contributed by atoms with van der Waals surface area (Å²) in [5.41, 5.74) is 6.33. The molecule has 0 atom stereocenters. The molecule has 6 nitrogen and oxygen atoms in total. The third-order valence-electron chi connectivity index (χ3n) is 2.94. The number of ether oxygens (including phenoxy) is 1. The number of carbonyl (C=O) groups excluding carboxylic acids is 1. The van der Waals surface area contributed by atoms with Crippen molar-refractivity contribution in [1.29, 1.82) is 0 Å². The van der Waals surface area contributed by atoms with Gasteiger partial charge < -0.3 is 21.1 Å². The van der Waals surface area contributed by atoms with E-state index in [2.05, 4.69) is 15.6 Å². The van der Waals surface area contributed by atoms with Gasteiger partial charge in [0, 0.05) is 32.8 Å². The molecule has 0 aliphatic carbocycles. The standard InChI is InChI=1S/C16H25FN4O2.HI/c1-2-23-10-4-7-20-16(18)21-9-8-19-15(22)12-13-5-3-6-14(17)11-13;/h3,5-6,11H,2,4,7-10,12H2,1H3,(H,19,22)(H3,18,20,21);1H. The predicted molar refractivity (Wildman–Crippen MR) is 104 cm³/mol. The Morgan fingerprint density at radius 3 is 2.79 bits per heavy atom. The number of nitrogens with two attached hydrogens (primary N) is 1. The van der Waals surface area contributed by atoms with Crippen molar-refractivity contribution in [3.05, 3.63) is 35.6 Å². The van der Waals surface area contributed by atoms with Crippen LogP contribution in [-0.4, -0.2) is 44.7 Å². The minimum absolute atomic E-state index is 0. The van der Waals surface area contributed by atoms with Crippen molar-refractivity contribution in [2.24, 2.45) is 10.7 Å². The van der Waals surface area contributed by atoms with Crippen LogP contribution >= 0.6 is 24.0 Å². The van der Waals surface area contributed by atoms with Gasteiger partial charge in [0.05, 0.1) is 6.42 Å².